The molecule has 3 aromatic rings. The van der Waals surface area contributed by atoms with Crippen LogP contribution in [0.2, 0.25) is 5.02 Å². The second-order valence-electron chi connectivity index (χ2n) is 7.12. The maximum Gasteiger partial charge on any atom is 0.332 e. The van der Waals surface area contributed by atoms with E-state index in [1.807, 2.05) is 0 Å². The van der Waals surface area contributed by atoms with E-state index in [0.717, 1.165) is 30.5 Å². The first kappa shape index (κ1) is 18.7. The lowest BCUT2D eigenvalue weighted by Gasteiger charge is -2.27. The van der Waals surface area contributed by atoms with Crippen LogP contribution in [0.1, 0.15) is 24.8 Å². The quantitative estimate of drug-likeness (QED) is 0.670. The highest BCUT2D eigenvalue weighted by atomic mass is 35.5. The molecule has 0 N–H and O–H groups in total. The van der Waals surface area contributed by atoms with Crippen molar-refractivity contribution in [2.45, 2.75) is 25.8 Å². The first-order valence-electron chi connectivity index (χ1n) is 9.24. The predicted octanol–water partition coefficient (Wildman–Crippen LogP) is 2.26. The van der Waals surface area contributed by atoms with E-state index in [0.29, 0.717) is 17.1 Å². The summed E-state index contributed by atoms with van der Waals surface area (Å²) in [4.78, 5) is 32.7. The van der Waals surface area contributed by atoms with E-state index in [9.17, 15) is 14.0 Å². The minimum absolute atomic E-state index is 0.112. The molecule has 148 valence electrons. The minimum Gasteiger partial charge on any atom is -0.342 e. The van der Waals surface area contributed by atoms with Crippen LogP contribution < -0.4 is 16.1 Å². The molecule has 0 amide bonds. The first-order valence-corrected chi connectivity index (χ1v) is 9.62. The van der Waals surface area contributed by atoms with Crippen LogP contribution >= 0.6 is 11.6 Å². The fraction of sp³-hybridized carbons (Fsp3) is 0.421. The lowest BCUT2D eigenvalue weighted by atomic mass is 10.1. The van der Waals surface area contributed by atoms with E-state index in [2.05, 4.69) is 9.88 Å². The zero-order valence-electron chi connectivity index (χ0n) is 15.8. The summed E-state index contributed by atoms with van der Waals surface area (Å²) in [6.45, 7) is 1.49. The van der Waals surface area contributed by atoms with Gasteiger partial charge in [-0.15, -0.1) is 0 Å². The lowest BCUT2D eigenvalue weighted by molar-refractivity contribution is 0.563. The average molecular weight is 406 g/mol. The van der Waals surface area contributed by atoms with Gasteiger partial charge in [0.25, 0.3) is 5.56 Å². The molecule has 0 spiro atoms. The number of anilines is 1. The molecule has 1 aromatic carbocycles. The van der Waals surface area contributed by atoms with Gasteiger partial charge in [0, 0.05) is 37.8 Å². The Morgan fingerprint density at radius 2 is 1.82 bits per heavy atom. The standard InChI is InChI=1S/C19H21ClFN5O2/c1-23-15-16(22-18(23)25-9-4-3-5-10-25)24(2)19(28)26(17(15)27)11-12-13(20)7-6-8-14(12)21/h6-8H,3-5,9-11H2,1-2H3. The van der Waals surface area contributed by atoms with Crippen LogP contribution in [0, 0.1) is 5.82 Å². The summed E-state index contributed by atoms with van der Waals surface area (Å²) in [6, 6.07) is 4.28. The molecule has 0 atom stereocenters. The third-order valence-corrected chi connectivity index (χ3v) is 5.71. The van der Waals surface area contributed by atoms with Crippen molar-refractivity contribution in [2.75, 3.05) is 18.0 Å². The highest BCUT2D eigenvalue weighted by molar-refractivity contribution is 6.31. The number of hydrogen-bond donors (Lipinski definition) is 0. The predicted molar refractivity (Wildman–Crippen MR) is 107 cm³/mol. The van der Waals surface area contributed by atoms with Gasteiger partial charge in [-0.3, -0.25) is 13.9 Å². The van der Waals surface area contributed by atoms with Gasteiger partial charge < -0.3 is 9.47 Å². The number of aromatic nitrogens is 4. The van der Waals surface area contributed by atoms with Gasteiger partial charge in [-0.05, 0) is 31.4 Å². The van der Waals surface area contributed by atoms with Gasteiger partial charge in [0.15, 0.2) is 11.2 Å². The Bertz CT molecular complexity index is 1150. The molecule has 0 radical (unpaired) electrons. The molecule has 1 saturated heterocycles. The molecule has 1 fully saturated rings. The summed E-state index contributed by atoms with van der Waals surface area (Å²) >= 11 is 6.09. The lowest BCUT2D eigenvalue weighted by Crippen LogP contribution is -2.40. The smallest absolute Gasteiger partial charge is 0.332 e. The number of aryl methyl sites for hydroxylation is 2. The molecule has 2 aromatic heterocycles. The highest BCUT2D eigenvalue weighted by Crippen LogP contribution is 2.22. The van der Waals surface area contributed by atoms with Crippen molar-refractivity contribution >= 4 is 28.7 Å². The Kier molecular flexibility index (Phi) is 4.74. The molecule has 9 heteroatoms. The SMILES string of the molecule is Cn1c(N2CCCCC2)nc2c1c(=O)n(Cc1c(F)cccc1Cl)c(=O)n2C. The molecule has 0 saturated carbocycles. The number of benzene rings is 1. The monoisotopic (exact) mass is 405 g/mol. The van der Waals surface area contributed by atoms with E-state index >= 15 is 0 Å². The van der Waals surface area contributed by atoms with Crippen molar-refractivity contribution in [1.29, 1.82) is 0 Å². The average Bonchev–Trinajstić information content (AvgIpc) is 3.04. The van der Waals surface area contributed by atoms with Crippen LogP contribution in [-0.2, 0) is 20.6 Å². The summed E-state index contributed by atoms with van der Waals surface area (Å²) in [6.07, 6.45) is 3.31. The summed E-state index contributed by atoms with van der Waals surface area (Å²) < 4.78 is 18.3. The van der Waals surface area contributed by atoms with Crippen LogP contribution in [0.25, 0.3) is 11.2 Å². The van der Waals surface area contributed by atoms with Crippen molar-refractivity contribution in [3.8, 4) is 0 Å². The van der Waals surface area contributed by atoms with Crippen molar-refractivity contribution in [3.63, 3.8) is 0 Å². The van der Waals surface area contributed by atoms with Crippen LogP contribution in [-0.4, -0.2) is 31.8 Å². The molecule has 3 heterocycles. The summed E-state index contributed by atoms with van der Waals surface area (Å²) in [5.41, 5.74) is -0.305. The number of rotatable bonds is 3. The van der Waals surface area contributed by atoms with Crippen molar-refractivity contribution in [3.05, 3.63) is 55.4 Å². The minimum atomic E-state index is -0.555. The number of fused-ring (bicyclic) bond motifs is 1. The van der Waals surface area contributed by atoms with Gasteiger partial charge >= 0.3 is 5.69 Å². The Labute approximate surface area is 165 Å². The fourth-order valence-electron chi connectivity index (χ4n) is 3.79. The molecule has 0 bridgehead atoms. The van der Waals surface area contributed by atoms with Gasteiger partial charge in [0.2, 0.25) is 5.95 Å². The second-order valence-corrected chi connectivity index (χ2v) is 7.53. The van der Waals surface area contributed by atoms with Crippen LogP contribution in [0.4, 0.5) is 10.3 Å². The molecular formula is C19H21ClFN5O2. The third kappa shape index (κ3) is 2.92. The highest BCUT2D eigenvalue weighted by Gasteiger charge is 2.23. The van der Waals surface area contributed by atoms with Crippen molar-refractivity contribution < 1.29 is 4.39 Å². The summed E-state index contributed by atoms with van der Waals surface area (Å²) in [7, 11) is 3.34. The number of nitrogens with zero attached hydrogens (tertiary/aromatic N) is 5. The zero-order chi connectivity index (χ0) is 20.0. The molecule has 1 aliphatic heterocycles. The number of piperidine rings is 1. The van der Waals surface area contributed by atoms with Crippen molar-refractivity contribution in [1.82, 2.24) is 18.7 Å². The molecule has 1 aliphatic rings. The Morgan fingerprint density at radius 1 is 1.11 bits per heavy atom. The molecule has 0 unspecified atom stereocenters. The molecular weight excluding hydrogens is 385 g/mol. The van der Waals surface area contributed by atoms with Gasteiger partial charge in [0.1, 0.15) is 5.82 Å². The van der Waals surface area contributed by atoms with Crippen molar-refractivity contribution in [2.24, 2.45) is 14.1 Å². The Hall–Kier alpha value is -2.61. The fourth-order valence-corrected chi connectivity index (χ4v) is 4.01. The van der Waals surface area contributed by atoms with E-state index in [1.165, 1.54) is 29.2 Å². The van der Waals surface area contributed by atoms with Crippen LogP contribution in [0.3, 0.4) is 0 Å². The second kappa shape index (κ2) is 7.09. The maximum atomic E-state index is 14.2. The normalized spacial score (nSPS) is 14.8. The maximum absolute atomic E-state index is 14.2. The number of imidazole rings is 1. The Balaban J connectivity index is 1.90. The van der Waals surface area contributed by atoms with Gasteiger partial charge in [-0.25, -0.2) is 9.18 Å². The van der Waals surface area contributed by atoms with E-state index < -0.39 is 17.1 Å². The van der Waals surface area contributed by atoms with E-state index in [-0.39, 0.29) is 17.1 Å². The number of halogens is 2. The molecule has 28 heavy (non-hydrogen) atoms. The largest absolute Gasteiger partial charge is 0.342 e. The topological polar surface area (TPSA) is 65.1 Å². The van der Waals surface area contributed by atoms with Crippen LogP contribution in [0.15, 0.2) is 27.8 Å². The van der Waals surface area contributed by atoms with Gasteiger partial charge in [-0.1, -0.05) is 17.7 Å². The molecule has 0 aliphatic carbocycles. The van der Waals surface area contributed by atoms with E-state index in [4.69, 9.17) is 11.6 Å². The van der Waals surface area contributed by atoms with Gasteiger partial charge in [0.05, 0.1) is 6.54 Å². The van der Waals surface area contributed by atoms with Gasteiger partial charge in [-0.2, -0.15) is 4.98 Å². The molecule has 7 nitrogen and oxygen atoms in total. The Morgan fingerprint density at radius 3 is 2.50 bits per heavy atom. The molecule has 4 rings (SSSR count). The third-order valence-electron chi connectivity index (χ3n) is 5.35. The number of hydrogen-bond acceptors (Lipinski definition) is 4. The first-order chi connectivity index (χ1) is 13.4. The summed E-state index contributed by atoms with van der Waals surface area (Å²) in [5, 5.41) is 0.174. The summed E-state index contributed by atoms with van der Waals surface area (Å²) in [5.74, 6) is 0.115. The van der Waals surface area contributed by atoms with Crippen LogP contribution in [0.5, 0.6) is 0 Å². The zero-order valence-corrected chi connectivity index (χ0v) is 16.5. The van der Waals surface area contributed by atoms with E-state index in [1.54, 1.807) is 18.7 Å².